The predicted octanol–water partition coefficient (Wildman–Crippen LogP) is 2.81. The van der Waals surface area contributed by atoms with Crippen LogP contribution in [0, 0.1) is 0 Å². The smallest absolute Gasteiger partial charge is 0.357 e. The molecule has 0 aliphatic carbocycles. The number of anilines is 1. The quantitative estimate of drug-likeness (QED) is 0.865. The van der Waals surface area contributed by atoms with Gasteiger partial charge in [0.1, 0.15) is 6.04 Å². The number of hydroxylamine groups is 2. The molecule has 0 saturated carbocycles. The lowest BCUT2D eigenvalue weighted by Crippen LogP contribution is -2.45. The van der Waals surface area contributed by atoms with E-state index in [9.17, 15) is 9.59 Å². The Balaban J connectivity index is 1.48. The number of hydrogen-bond donors (Lipinski definition) is 0. The van der Waals surface area contributed by atoms with Crippen molar-refractivity contribution in [3.05, 3.63) is 65.7 Å². The molecule has 5 heteroatoms. The summed E-state index contributed by atoms with van der Waals surface area (Å²) in [7, 11) is 0. The second-order valence-electron chi connectivity index (χ2n) is 6.41. The highest BCUT2D eigenvalue weighted by Crippen LogP contribution is 2.30. The summed E-state index contributed by atoms with van der Waals surface area (Å²) in [6, 6.07) is 16.5. The Morgan fingerprint density at radius 2 is 1.72 bits per heavy atom. The second-order valence-corrected chi connectivity index (χ2v) is 6.41. The summed E-state index contributed by atoms with van der Waals surface area (Å²) in [4.78, 5) is 32.7. The normalized spacial score (nSPS) is 19.7. The Hall–Kier alpha value is -2.66. The van der Waals surface area contributed by atoms with Gasteiger partial charge in [-0.25, -0.2) is 4.79 Å². The van der Waals surface area contributed by atoms with Crippen LogP contribution in [-0.4, -0.2) is 36.1 Å². The summed E-state index contributed by atoms with van der Waals surface area (Å²) in [5.74, 6) is -0.398. The molecule has 2 heterocycles. The standard InChI is InChI=1S/C20H20N2O3/c23-19(21-14-12-15-7-4-5-10-17(15)21)18-11-6-13-22(18)25-20(24)16-8-2-1-3-9-16/h1-5,7-10,18H,6,11-14H2. The Morgan fingerprint density at radius 3 is 2.56 bits per heavy atom. The average molecular weight is 336 g/mol. The Bertz CT molecular complexity index is 791. The zero-order valence-corrected chi connectivity index (χ0v) is 13.9. The van der Waals surface area contributed by atoms with Gasteiger partial charge >= 0.3 is 5.97 Å². The topological polar surface area (TPSA) is 49.9 Å². The van der Waals surface area contributed by atoms with Crippen molar-refractivity contribution in [2.75, 3.05) is 18.0 Å². The second kappa shape index (κ2) is 6.69. The zero-order chi connectivity index (χ0) is 17.2. The largest absolute Gasteiger partial charge is 0.363 e. The van der Waals surface area contributed by atoms with Crippen molar-refractivity contribution < 1.29 is 14.4 Å². The molecule has 2 aliphatic heterocycles. The van der Waals surface area contributed by atoms with E-state index < -0.39 is 12.0 Å². The Labute approximate surface area is 146 Å². The van der Waals surface area contributed by atoms with Crippen LogP contribution in [0.4, 0.5) is 5.69 Å². The van der Waals surface area contributed by atoms with Crippen LogP contribution in [0.1, 0.15) is 28.8 Å². The molecule has 25 heavy (non-hydrogen) atoms. The van der Waals surface area contributed by atoms with E-state index in [1.807, 2.05) is 29.2 Å². The molecule has 2 aromatic carbocycles. The highest BCUT2D eigenvalue weighted by molar-refractivity contribution is 5.99. The Kier molecular flexibility index (Phi) is 4.24. The van der Waals surface area contributed by atoms with E-state index in [0.717, 1.165) is 18.5 Å². The summed E-state index contributed by atoms with van der Waals surface area (Å²) in [6.07, 6.45) is 2.42. The van der Waals surface area contributed by atoms with E-state index in [4.69, 9.17) is 4.84 Å². The van der Waals surface area contributed by atoms with Gasteiger partial charge in [0.25, 0.3) is 0 Å². The van der Waals surface area contributed by atoms with Crippen molar-refractivity contribution in [2.24, 2.45) is 0 Å². The van der Waals surface area contributed by atoms with Crippen molar-refractivity contribution in [2.45, 2.75) is 25.3 Å². The highest BCUT2D eigenvalue weighted by Gasteiger charge is 2.38. The number of fused-ring (bicyclic) bond motifs is 1. The van der Waals surface area contributed by atoms with E-state index in [0.29, 0.717) is 25.1 Å². The van der Waals surface area contributed by atoms with E-state index in [1.54, 1.807) is 29.3 Å². The van der Waals surface area contributed by atoms with Crippen LogP contribution < -0.4 is 4.90 Å². The highest BCUT2D eigenvalue weighted by atomic mass is 16.7. The number of rotatable bonds is 3. The molecule has 2 aromatic rings. The van der Waals surface area contributed by atoms with Crippen LogP contribution in [-0.2, 0) is 16.1 Å². The van der Waals surface area contributed by atoms with Gasteiger partial charge in [-0.15, -0.1) is 5.06 Å². The van der Waals surface area contributed by atoms with E-state index >= 15 is 0 Å². The number of carbonyl (C=O) groups is 2. The molecule has 4 rings (SSSR count). The molecule has 1 atom stereocenters. The lowest BCUT2D eigenvalue weighted by atomic mass is 10.1. The van der Waals surface area contributed by atoms with Crippen LogP contribution in [0.2, 0.25) is 0 Å². The summed E-state index contributed by atoms with van der Waals surface area (Å²) >= 11 is 0. The van der Waals surface area contributed by atoms with Gasteiger partial charge in [-0.1, -0.05) is 36.4 Å². The van der Waals surface area contributed by atoms with Gasteiger partial charge in [-0.2, -0.15) is 0 Å². The van der Waals surface area contributed by atoms with Gasteiger partial charge in [-0.05, 0) is 43.0 Å². The lowest BCUT2D eigenvalue weighted by molar-refractivity contribution is -0.146. The SMILES string of the molecule is O=C(ON1CCCC1C(=O)N1CCc2ccccc21)c1ccccc1. The monoisotopic (exact) mass is 336 g/mol. The van der Waals surface area contributed by atoms with Crippen LogP contribution in [0.15, 0.2) is 54.6 Å². The van der Waals surface area contributed by atoms with E-state index in [-0.39, 0.29) is 5.91 Å². The minimum absolute atomic E-state index is 0.0170. The summed E-state index contributed by atoms with van der Waals surface area (Å²) < 4.78 is 0. The molecule has 1 amide bonds. The van der Waals surface area contributed by atoms with Crippen LogP contribution in [0.3, 0.4) is 0 Å². The minimum Gasteiger partial charge on any atom is -0.363 e. The molecule has 1 saturated heterocycles. The van der Waals surface area contributed by atoms with Crippen molar-refractivity contribution in [1.29, 1.82) is 0 Å². The number of amides is 1. The van der Waals surface area contributed by atoms with Crippen molar-refractivity contribution in [1.82, 2.24) is 5.06 Å². The van der Waals surface area contributed by atoms with Gasteiger partial charge in [0.15, 0.2) is 0 Å². The number of hydrogen-bond acceptors (Lipinski definition) is 4. The van der Waals surface area contributed by atoms with Crippen molar-refractivity contribution in [3.63, 3.8) is 0 Å². The molecule has 5 nitrogen and oxygen atoms in total. The lowest BCUT2D eigenvalue weighted by Gasteiger charge is -2.27. The molecule has 0 spiro atoms. The molecule has 0 N–H and O–H groups in total. The fraction of sp³-hybridized carbons (Fsp3) is 0.300. The first-order valence-corrected chi connectivity index (χ1v) is 8.67. The summed E-state index contributed by atoms with van der Waals surface area (Å²) in [6.45, 7) is 1.28. The van der Waals surface area contributed by atoms with Crippen molar-refractivity contribution in [3.8, 4) is 0 Å². The fourth-order valence-electron chi connectivity index (χ4n) is 3.58. The fourth-order valence-corrected chi connectivity index (χ4v) is 3.58. The molecule has 0 aromatic heterocycles. The maximum Gasteiger partial charge on any atom is 0.357 e. The summed E-state index contributed by atoms with van der Waals surface area (Å²) in [5.41, 5.74) is 2.67. The molecular formula is C20H20N2O3. The number of benzene rings is 2. The number of carbonyl (C=O) groups excluding carboxylic acids is 2. The molecule has 0 radical (unpaired) electrons. The molecule has 1 unspecified atom stereocenters. The third kappa shape index (κ3) is 3.03. The average Bonchev–Trinajstić information content (AvgIpc) is 3.29. The molecule has 0 bridgehead atoms. The molecule has 1 fully saturated rings. The minimum atomic E-state index is -0.415. The van der Waals surface area contributed by atoms with Gasteiger partial charge in [-0.3, -0.25) is 4.79 Å². The van der Waals surface area contributed by atoms with Gasteiger partial charge in [0.2, 0.25) is 5.91 Å². The summed E-state index contributed by atoms with van der Waals surface area (Å²) in [5, 5.41) is 1.55. The first-order valence-electron chi connectivity index (χ1n) is 8.67. The molecule has 2 aliphatic rings. The van der Waals surface area contributed by atoms with E-state index in [2.05, 4.69) is 6.07 Å². The van der Waals surface area contributed by atoms with Crippen molar-refractivity contribution >= 4 is 17.6 Å². The maximum atomic E-state index is 13.0. The van der Waals surface area contributed by atoms with Crippen LogP contribution >= 0.6 is 0 Å². The van der Waals surface area contributed by atoms with E-state index in [1.165, 1.54) is 5.56 Å². The van der Waals surface area contributed by atoms with Gasteiger partial charge < -0.3 is 9.74 Å². The number of nitrogens with zero attached hydrogens (tertiary/aromatic N) is 2. The zero-order valence-electron chi connectivity index (χ0n) is 13.9. The third-order valence-corrected chi connectivity index (χ3v) is 4.85. The molecular weight excluding hydrogens is 316 g/mol. The van der Waals surface area contributed by atoms with Gasteiger partial charge in [0, 0.05) is 18.8 Å². The maximum absolute atomic E-state index is 13.0. The Morgan fingerprint density at radius 1 is 0.960 bits per heavy atom. The number of para-hydroxylation sites is 1. The van der Waals surface area contributed by atoms with Gasteiger partial charge in [0.05, 0.1) is 5.56 Å². The first kappa shape index (κ1) is 15.8. The van der Waals surface area contributed by atoms with Crippen LogP contribution in [0.25, 0.3) is 0 Å². The molecule has 128 valence electrons. The van der Waals surface area contributed by atoms with Crippen LogP contribution in [0.5, 0.6) is 0 Å². The third-order valence-electron chi connectivity index (χ3n) is 4.85. The predicted molar refractivity (Wildman–Crippen MR) is 94.1 cm³/mol. The first-order chi connectivity index (χ1) is 12.2.